The Morgan fingerprint density at radius 1 is 1.11 bits per heavy atom. The Balaban J connectivity index is 1.32. The molecule has 0 spiro atoms. The fourth-order valence-electron chi connectivity index (χ4n) is 2.97. The number of aromatic nitrogens is 3. The van der Waals surface area contributed by atoms with Gasteiger partial charge in [-0.15, -0.1) is 0 Å². The summed E-state index contributed by atoms with van der Waals surface area (Å²) >= 11 is 0. The molecule has 5 rings (SSSR count). The molecule has 0 atom stereocenters. The van der Waals surface area contributed by atoms with Gasteiger partial charge in [-0.05, 0) is 36.6 Å². The summed E-state index contributed by atoms with van der Waals surface area (Å²) in [6.07, 6.45) is 14.6. The van der Waals surface area contributed by atoms with E-state index in [1.807, 2.05) is 30.4 Å². The molecule has 134 valence electrons. The molecular formula is C20H16N4O3. The van der Waals surface area contributed by atoms with E-state index in [0.717, 1.165) is 35.0 Å². The standard InChI is InChI=1S/C20H16N4O3/c1-2-4-13(5-3-1)18-11-25-12-19(26-18)17-10-21-20(27-17)23-15-6-7-16-14(8-15)9-22-24-16/h1-2,4,6-12H,3,5H2,(H,21,23)(H,22,24). The molecular weight excluding hydrogens is 344 g/mol. The number of anilines is 2. The minimum Gasteiger partial charge on any atom is -0.465 e. The first kappa shape index (κ1) is 15.5. The molecule has 2 N–H and O–H groups in total. The van der Waals surface area contributed by atoms with Gasteiger partial charge in [-0.3, -0.25) is 5.10 Å². The van der Waals surface area contributed by atoms with Gasteiger partial charge in [-0.2, -0.15) is 5.10 Å². The third kappa shape index (κ3) is 3.10. The summed E-state index contributed by atoms with van der Waals surface area (Å²) in [6, 6.07) is 6.20. The van der Waals surface area contributed by atoms with Crippen molar-refractivity contribution in [3.05, 3.63) is 78.4 Å². The summed E-state index contributed by atoms with van der Waals surface area (Å²) in [5.74, 6) is 1.65. The van der Waals surface area contributed by atoms with Gasteiger partial charge in [0.05, 0.1) is 17.9 Å². The van der Waals surface area contributed by atoms with E-state index in [9.17, 15) is 0 Å². The topological polar surface area (TPSA) is 85.2 Å². The second-order valence-corrected chi connectivity index (χ2v) is 6.19. The average molecular weight is 360 g/mol. The molecule has 0 unspecified atom stereocenters. The highest BCUT2D eigenvalue weighted by Gasteiger charge is 2.19. The number of nitrogens with one attached hydrogen (secondary N) is 2. The van der Waals surface area contributed by atoms with Crippen molar-refractivity contribution in [2.45, 2.75) is 12.8 Å². The van der Waals surface area contributed by atoms with Gasteiger partial charge in [-0.1, -0.05) is 18.2 Å². The molecule has 1 aliphatic heterocycles. The number of nitrogens with zero attached hydrogens (tertiary/aromatic N) is 2. The lowest BCUT2D eigenvalue weighted by atomic mass is 10.0. The van der Waals surface area contributed by atoms with E-state index in [0.29, 0.717) is 23.3 Å². The van der Waals surface area contributed by atoms with E-state index >= 15 is 0 Å². The highest BCUT2D eigenvalue weighted by Crippen LogP contribution is 2.31. The molecule has 0 radical (unpaired) electrons. The number of oxazole rings is 1. The molecule has 3 heterocycles. The number of benzene rings is 1. The molecule has 0 saturated carbocycles. The van der Waals surface area contributed by atoms with E-state index < -0.39 is 0 Å². The number of allylic oxidation sites excluding steroid dienone is 4. The van der Waals surface area contributed by atoms with E-state index in [4.69, 9.17) is 13.9 Å². The number of fused-ring (bicyclic) bond motifs is 1. The van der Waals surface area contributed by atoms with Crippen LogP contribution in [0.4, 0.5) is 11.7 Å². The van der Waals surface area contributed by atoms with Crippen molar-refractivity contribution >= 4 is 28.4 Å². The normalized spacial score (nSPS) is 16.2. The van der Waals surface area contributed by atoms with Crippen molar-refractivity contribution in [2.24, 2.45) is 0 Å². The average Bonchev–Trinajstić information content (AvgIpc) is 3.38. The van der Waals surface area contributed by atoms with Crippen LogP contribution >= 0.6 is 0 Å². The lowest BCUT2D eigenvalue weighted by Crippen LogP contribution is -2.02. The summed E-state index contributed by atoms with van der Waals surface area (Å²) in [6.45, 7) is 0. The number of hydrogen-bond donors (Lipinski definition) is 2. The van der Waals surface area contributed by atoms with Crippen LogP contribution in [0.1, 0.15) is 18.6 Å². The molecule has 0 amide bonds. The smallest absolute Gasteiger partial charge is 0.299 e. The van der Waals surface area contributed by atoms with Crippen LogP contribution in [0.25, 0.3) is 16.7 Å². The first-order valence-corrected chi connectivity index (χ1v) is 8.61. The van der Waals surface area contributed by atoms with Gasteiger partial charge in [0.1, 0.15) is 12.5 Å². The summed E-state index contributed by atoms with van der Waals surface area (Å²) in [7, 11) is 0. The zero-order valence-electron chi connectivity index (χ0n) is 14.3. The first-order valence-electron chi connectivity index (χ1n) is 8.61. The number of hydrogen-bond acceptors (Lipinski definition) is 6. The fraction of sp³-hybridized carbons (Fsp3) is 0.100. The quantitative estimate of drug-likeness (QED) is 0.698. The summed E-state index contributed by atoms with van der Waals surface area (Å²) < 4.78 is 17.2. The third-order valence-corrected chi connectivity index (χ3v) is 4.34. The molecule has 0 fully saturated rings. The molecule has 2 aromatic heterocycles. The molecule has 7 nitrogen and oxygen atoms in total. The Bertz CT molecular complexity index is 1120. The van der Waals surface area contributed by atoms with Crippen molar-refractivity contribution in [1.82, 2.24) is 15.2 Å². The first-order chi connectivity index (χ1) is 13.3. The molecule has 1 aromatic carbocycles. The van der Waals surface area contributed by atoms with E-state index in [1.54, 1.807) is 18.7 Å². The molecule has 3 aromatic rings. The van der Waals surface area contributed by atoms with Crippen LogP contribution < -0.4 is 5.32 Å². The SMILES string of the molecule is C1=CCCC(C2=COC=C(c3cnc(Nc4ccc5[nH]ncc5c4)o3)O2)=C1. The van der Waals surface area contributed by atoms with Crippen molar-refractivity contribution in [3.63, 3.8) is 0 Å². The maximum atomic E-state index is 5.94. The van der Waals surface area contributed by atoms with Gasteiger partial charge < -0.3 is 19.2 Å². The minimum absolute atomic E-state index is 0.369. The lowest BCUT2D eigenvalue weighted by Gasteiger charge is -2.18. The van der Waals surface area contributed by atoms with Crippen molar-refractivity contribution < 1.29 is 13.9 Å². The predicted octanol–water partition coefficient (Wildman–Crippen LogP) is 4.76. The minimum atomic E-state index is 0.369. The van der Waals surface area contributed by atoms with E-state index in [-0.39, 0.29) is 0 Å². The van der Waals surface area contributed by atoms with Crippen LogP contribution in [-0.4, -0.2) is 15.2 Å². The summed E-state index contributed by atoms with van der Waals surface area (Å²) in [4.78, 5) is 4.27. The van der Waals surface area contributed by atoms with Gasteiger partial charge in [0.15, 0.2) is 11.5 Å². The van der Waals surface area contributed by atoms with Gasteiger partial charge >= 0.3 is 0 Å². The van der Waals surface area contributed by atoms with Gasteiger partial charge in [-0.25, -0.2) is 4.98 Å². The molecule has 7 heteroatoms. The maximum absolute atomic E-state index is 5.94. The van der Waals surface area contributed by atoms with E-state index in [2.05, 4.69) is 26.6 Å². The number of H-pyrrole nitrogens is 1. The monoisotopic (exact) mass is 360 g/mol. The molecule has 2 aliphatic rings. The maximum Gasteiger partial charge on any atom is 0.299 e. The van der Waals surface area contributed by atoms with Crippen LogP contribution in [0.3, 0.4) is 0 Å². The number of ether oxygens (including phenoxy) is 2. The van der Waals surface area contributed by atoms with Gasteiger partial charge in [0.2, 0.25) is 5.76 Å². The van der Waals surface area contributed by atoms with Crippen LogP contribution in [0.15, 0.2) is 77.1 Å². The van der Waals surface area contributed by atoms with Crippen LogP contribution in [-0.2, 0) is 9.47 Å². The van der Waals surface area contributed by atoms with Crippen LogP contribution in [0, 0.1) is 0 Å². The Kier molecular flexibility index (Phi) is 3.75. The fourth-order valence-corrected chi connectivity index (χ4v) is 2.97. The predicted molar refractivity (Wildman–Crippen MR) is 101 cm³/mol. The molecule has 1 aliphatic carbocycles. The highest BCUT2D eigenvalue weighted by atomic mass is 16.6. The Morgan fingerprint density at radius 2 is 2.07 bits per heavy atom. The second-order valence-electron chi connectivity index (χ2n) is 6.19. The van der Waals surface area contributed by atoms with Crippen molar-refractivity contribution in [3.8, 4) is 0 Å². The lowest BCUT2D eigenvalue weighted by molar-refractivity contribution is 0.277. The Hall–Kier alpha value is -3.74. The van der Waals surface area contributed by atoms with Gasteiger partial charge in [0, 0.05) is 11.1 Å². The summed E-state index contributed by atoms with van der Waals surface area (Å²) in [5, 5.41) is 11.1. The third-order valence-electron chi connectivity index (χ3n) is 4.34. The van der Waals surface area contributed by atoms with Crippen LogP contribution in [0.2, 0.25) is 0 Å². The number of rotatable bonds is 4. The molecule has 27 heavy (non-hydrogen) atoms. The zero-order chi connectivity index (χ0) is 18.1. The molecule has 0 bridgehead atoms. The Labute approximate surface area is 154 Å². The Morgan fingerprint density at radius 3 is 3.00 bits per heavy atom. The van der Waals surface area contributed by atoms with Gasteiger partial charge in [0.25, 0.3) is 6.01 Å². The number of aromatic amines is 1. The van der Waals surface area contributed by atoms with Crippen molar-refractivity contribution in [1.29, 1.82) is 0 Å². The van der Waals surface area contributed by atoms with E-state index in [1.165, 1.54) is 6.26 Å². The molecule has 0 saturated heterocycles. The summed E-state index contributed by atoms with van der Waals surface area (Å²) in [5.41, 5.74) is 2.92. The second kappa shape index (κ2) is 6.53. The van der Waals surface area contributed by atoms with Crippen molar-refractivity contribution in [2.75, 3.05) is 5.32 Å². The zero-order valence-corrected chi connectivity index (χ0v) is 14.3. The largest absolute Gasteiger partial charge is 0.465 e. The van der Waals surface area contributed by atoms with Crippen LogP contribution in [0.5, 0.6) is 0 Å². The highest BCUT2D eigenvalue weighted by molar-refractivity contribution is 5.82.